The fourth-order valence-corrected chi connectivity index (χ4v) is 1.46. The van der Waals surface area contributed by atoms with E-state index in [-0.39, 0.29) is 0 Å². The molecule has 1 heteroatoms. The molecule has 0 bridgehead atoms. The van der Waals surface area contributed by atoms with E-state index in [1.54, 1.807) is 0 Å². The van der Waals surface area contributed by atoms with Gasteiger partial charge < -0.3 is 0 Å². The number of nitrogens with two attached hydrogens (primary N) is 1. The highest BCUT2D eigenvalue weighted by Gasteiger charge is 2.25. The molecule has 0 saturated heterocycles. The second-order valence-electron chi connectivity index (χ2n) is 2.58. The van der Waals surface area contributed by atoms with Crippen LogP contribution in [-0.4, -0.2) is 0 Å². The first-order chi connectivity index (χ1) is 3.89. The van der Waals surface area contributed by atoms with Crippen molar-refractivity contribution in [3.05, 3.63) is 16.5 Å². The van der Waals surface area contributed by atoms with Gasteiger partial charge in [0.1, 0.15) is 0 Å². The van der Waals surface area contributed by atoms with Gasteiger partial charge in [0.2, 0.25) is 5.36 Å². The lowest BCUT2D eigenvalue weighted by molar-refractivity contribution is -0.168. The lowest BCUT2D eigenvalue weighted by Crippen LogP contribution is -2.40. The largest absolute Gasteiger partial charge is 0.254 e. The summed E-state index contributed by atoms with van der Waals surface area (Å²) >= 11 is 0. The Bertz CT molecular complexity index is 194. The van der Waals surface area contributed by atoms with Crippen LogP contribution in [0.15, 0.2) is 0 Å². The third-order valence-corrected chi connectivity index (χ3v) is 2.06. The topological polar surface area (TPSA) is 25.6 Å². The van der Waals surface area contributed by atoms with Gasteiger partial charge in [-0.3, -0.25) is 5.41 Å². The predicted octanol–water partition coefficient (Wildman–Crippen LogP) is -0.899. The molecule has 0 fully saturated rings. The molecule has 0 amide bonds. The molecule has 2 N–H and O–H groups in total. The third kappa shape index (κ3) is 0.391. The van der Waals surface area contributed by atoms with Crippen LogP contribution in [0, 0.1) is 0 Å². The van der Waals surface area contributed by atoms with Gasteiger partial charge in [0.25, 0.3) is 0 Å². The van der Waals surface area contributed by atoms with Crippen LogP contribution in [-0.2, 0) is 12.8 Å². The minimum atomic E-state index is 1.14. The van der Waals surface area contributed by atoms with Gasteiger partial charge in [-0.05, 0) is 25.7 Å². The molecule has 8 heavy (non-hydrogen) atoms. The van der Waals surface area contributed by atoms with Crippen molar-refractivity contribution in [3.63, 3.8) is 0 Å². The van der Waals surface area contributed by atoms with Gasteiger partial charge in [-0.15, -0.1) is 0 Å². The van der Waals surface area contributed by atoms with E-state index in [9.17, 15) is 0 Å². The first kappa shape index (κ1) is 4.30. The first-order valence-electron chi connectivity index (χ1n) is 3.25. The smallest absolute Gasteiger partial charge is 0.204 e. The summed E-state index contributed by atoms with van der Waals surface area (Å²) in [6.07, 6.45) is 5.25. The zero-order valence-electron chi connectivity index (χ0n) is 4.91. The average Bonchev–Trinajstić information content (AvgIpc) is 2.46. The zero-order valence-corrected chi connectivity index (χ0v) is 4.91. The molecule has 0 atom stereocenters. The van der Waals surface area contributed by atoms with Gasteiger partial charge in [0.15, 0.2) is 0 Å². The molecule has 1 aliphatic carbocycles. The van der Waals surface area contributed by atoms with E-state index in [0.717, 1.165) is 5.36 Å². The molecule has 1 aromatic rings. The highest BCUT2D eigenvalue weighted by atomic mass is 14.4. The highest BCUT2D eigenvalue weighted by molar-refractivity contribution is 5.38. The zero-order chi connectivity index (χ0) is 5.56. The Kier molecular flexibility index (Phi) is 0.655. The summed E-state index contributed by atoms with van der Waals surface area (Å²) in [5, 5.41) is 6.76. The van der Waals surface area contributed by atoms with E-state index in [2.05, 4.69) is 0 Å². The minimum Gasteiger partial charge on any atom is -0.254 e. The Balaban J connectivity index is 2.35. The average molecular weight is 108 g/mol. The summed E-state index contributed by atoms with van der Waals surface area (Å²) in [5.41, 5.74) is 2.99. The Hall–Kier alpha value is -0.590. The second kappa shape index (κ2) is 1.22. The van der Waals surface area contributed by atoms with E-state index in [1.165, 1.54) is 36.8 Å². The van der Waals surface area contributed by atoms with Crippen LogP contribution in [0.4, 0.5) is 0 Å². The maximum Gasteiger partial charge on any atom is 0.204 e. The molecule has 1 nitrogen and oxygen atoms in total. The molecule has 1 aliphatic rings. The molecule has 0 unspecified atom stereocenters. The van der Waals surface area contributed by atoms with Crippen molar-refractivity contribution in [2.45, 2.75) is 25.7 Å². The normalized spacial score (nSPS) is 19.0. The van der Waals surface area contributed by atoms with Crippen molar-refractivity contribution in [1.29, 1.82) is 0 Å². The summed E-state index contributed by atoms with van der Waals surface area (Å²) in [6, 6.07) is 0. The van der Waals surface area contributed by atoms with Crippen LogP contribution in [0.2, 0.25) is 0 Å². The number of fused-ring (bicyclic) bond motifs is 1. The van der Waals surface area contributed by atoms with E-state index in [4.69, 9.17) is 5.41 Å². The van der Waals surface area contributed by atoms with E-state index >= 15 is 0 Å². The van der Waals surface area contributed by atoms with Crippen LogP contribution in [0.1, 0.15) is 24.0 Å². The van der Waals surface area contributed by atoms with Gasteiger partial charge in [0.05, 0.1) is 0 Å². The van der Waals surface area contributed by atoms with Gasteiger partial charge in [-0.2, -0.15) is 0 Å². The summed E-state index contributed by atoms with van der Waals surface area (Å²) < 4.78 is 0. The molecule has 0 spiro atoms. The molecule has 0 heterocycles. The summed E-state index contributed by atoms with van der Waals surface area (Å²) in [6.45, 7) is 0. The van der Waals surface area contributed by atoms with Crippen molar-refractivity contribution in [2.24, 2.45) is 0 Å². The highest BCUT2D eigenvalue weighted by Crippen LogP contribution is 2.19. The van der Waals surface area contributed by atoms with Gasteiger partial charge in [-0.25, -0.2) is 0 Å². The van der Waals surface area contributed by atoms with E-state index < -0.39 is 0 Å². The molecule has 2 rings (SSSR count). The quantitative estimate of drug-likeness (QED) is 0.446. The second-order valence-corrected chi connectivity index (χ2v) is 2.58. The molecular formula is C7H10N+. The summed E-state index contributed by atoms with van der Waals surface area (Å²) in [4.78, 5) is 0. The van der Waals surface area contributed by atoms with Crippen molar-refractivity contribution in [3.8, 4) is 0 Å². The molecular weight excluding hydrogens is 98.1 g/mol. The standard InChI is InChI=1S/C7H9N/c8-7-5-3-1-2-4-6(5)7/h8H,1-4H2/p+1. The van der Waals surface area contributed by atoms with Gasteiger partial charge in [-0.1, -0.05) is 0 Å². The minimum absolute atomic E-state index is 1.14. The SMILES string of the molecule is [NH2+]=c1c2c1CCCC2. The maximum absolute atomic E-state index is 5.61. The van der Waals surface area contributed by atoms with Gasteiger partial charge >= 0.3 is 0 Å². The summed E-state index contributed by atoms with van der Waals surface area (Å²) in [5.74, 6) is 0. The van der Waals surface area contributed by atoms with Crippen LogP contribution in [0.25, 0.3) is 0 Å². The number of hydrogen-bond donors (Lipinski definition) is 1. The molecule has 0 aromatic heterocycles. The lowest BCUT2D eigenvalue weighted by atomic mass is 10.1. The maximum atomic E-state index is 5.61. The fraction of sp³-hybridized carbons (Fsp3) is 0.571. The first-order valence-corrected chi connectivity index (χ1v) is 3.25. The van der Waals surface area contributed by atoms with Crippen LogP contribution < -0.4 is 10.8 Å². The van der Waals surface area contributed by atoms with Crippen molar-refractivity contribution < 1.29 is 5.41 Å². The molecule has 0 radical (unpaired) electrons. The van der Waals surface area contributed by atoms with Crippen LogP contribution in [0.3, 0.4) is 0 Å². The van der Waals surface area contributed by atoms with E-state index in [0.29, 0.717) is 0 Å². The van der Waals surface area contributed by atoms with Crippen molar-refractivity contribution in [2.75, 3.05) is 0 Å². The molecule has 1 aromatic carbocycles. The lowest BCUT2D eigenvalue weighted by Gasteiger charge is -1.96. The number of rotatable bonds is 0. The molecule has 0 aliphatic heterocycles. The Morgan fingerprint density at radius 1 is 1.00 bits per heavy atom. The summed E-state index contributed by atoms with van der Waals surface area (Å²) in [7, 11) is 0. The predicted molar refractivity (Wildman–Crippen MR) is 30.5 cm³/mol. The Labute approximate surface area is 48.5 Å². The van der Waals surface area contributed by atoms with E-state index in [1.807, 2.05) is 0 Å². The van der Waals surface area contributed by atoms with Crippen LogP contribution in [0.5, 0.6) is 0 Å². The number of hydrogen-bond acceptors (Lipinski definition) is 0. The fourth-order valence-electron chi connectivity index (χ4n) is 1.46. The van der Waals surface area contributed by atoms with Crippen molar-refractivity contribution in [1.82, 2.24) is 0 Å². The third-order valence-electron chi connectivity index (χ3n) is 2.06. The van der Waals surface area contributed by atoms with Crippen molar-refractivity contribution >= 4 is 0 Å². The van der Waals surface area contributed by atoms with Crippen LogP contribution >= 0.6 is 0 Å². The molecule has 42 valence electrons. The Morgan fingerprint density at radius 2 is 1.50 bits per heavy atom. The van der Waals surface area contributed by atoms with Gasteiger partial charge in [0, 0.05) is 11.1 Å². The molecule has 0 saturated carbocycles. The Morgan fingerprint density at radius 3 is 1.88 bits per heavy atom. The monoisotopic (exact) mass is 108 g/mol.